The summed E-state index contributed by atoms with van der Waals surface area (Å²) in [6, 6.07) is 7.01. The van der Waals surface area contributed by atoms with Crippen LogP contribution in [0.2, 0.25) is 0 Å². The van der Waals surface area contributed by atoms with Crippen molar-refractivity contribution in [2.45, 2.75) is 32.7 Å². The van der Waals surface area contributed by atoms with Crippen LogP contribution in [0, 0.1) is 36.8 Å². The Morgan fingerprint density at radius 3 is 2.62 bits per heavy atom. The number of ether oxygens (including phenoxy) is 1. The molecule has 6 nitrogen and oxygen atoms in total. The van der Waals surface area contributed by atoms with Gasteiger partial charge in [0.2, 0.25) is 0 Å². The van der Waals surface area contributed by atoms with E-state index in [1.165, 1.54) is 12.1 Å². The number of anilines is 1. The Morgan fingerprint density at radius 1 is 1.28 bits per heavy atom. The number of carbonyl (C=O) groups excluding carboxylic acids is 2. The molecule has 1 saturated carbocycles. The van der Waals surface area contributed by atoms with Crippen molar-refractivity contribution in [1.29, 1.82) is 5.26 Å². The van der Waals surface area contributed by atoms with Crippen LogP contribution < -0.4 is 5.32 Å². The summed E-state index contributed by atoms with van der Waals surface area (Å²) in [6.07, 6.45) is 3.66. The minimum atomic E-state index is -1.11. The third-order valence-corrected chi connectivity index (χ3v) is 4.61. The lowest BCUT2D eigenvalue weighted by Gasteiger charge is -2.07. The van der Waals surface area contributed by atoms with E-state index >= 15 is 0 Å². The van der Waals surface area contributed by atoms with Crippen LogP contribution in [-0.2, 0) is 14.3 Å². The molecular weight excluding hydrogens is 380 g/mol. The summed E-state index contributed by atoms with van der Waals surface area (Å²) < 4.78 is 33.1. The van der Waals surface area contributed by atoms with E-state index in [0.29, 0.717) is 6.04 Å². The fourth-order valence-electron chi connectivity index (χ4n) is 3.12. The minimum Gasteiger partial charge on any atom is -0.451 e. The molecule has 1 aliphatic rings. The van der Waals surface area contributed by atoms with Crippen molar-refractivity contribution in [3.05, 3.63) is 58.4 Å². The maximum atomic E-state index is 13.2. The van der Waals surface area contributed by atoms with Gasteiger partial charge in [0.15, 0.2) is 18.2 Å². The number of rotatable bonds is 6. The summed E-state index contributed by atoms with van der Waals surface area (Å²) in [5.41, 5.74) is 2.54. The zero-order valence-electron chi connectivity index (χ0n) is 16.0. The van der Waals surface area contributed by atoms with E-state index in [1.54, 1.807) is 6.07 Å². The molecule has 0 saturated heterocycles. The molecule has 0 radical (unpaired) electrons. The summed E-state index contributed by atoms with van der Waals surface area (Å²) >= 11 is 0. The van der Waals surface area contributed by atoms with Gasteiger partial charge in [0.1, 0.15) is 11.6 Å². The van der Waals surface area contributed by atoms with Crippen LogP contribution in [0.3, 0.4) is 0 Å². The first-order chi connectivity index (χ1) is 13.8. The summed E-state index contributed by atoms with van der Waals surface area (Å²) in [4.78, 5) is 24.0. The lowest BCUT2D eigenvalue weighted by atomic mass is 10.1. The highest BCUT2D eigenvalue weighted by Gasteiger charge is 2.27. The van der Waals surface area contributed by atoms with Crippen molar-refractivity contribution in [2.75, 3.05) is 11.9 Å². The predicted molar refractivity (Wildman–Crippen MR) is 102 cm³/mol. The topological polar surface area (TPSA) is 84.1 Å². The zero-order valence-corrected chi connectivity index (χ0v) is 16.0. The lowest BCUT2D eigenvalue weighted by Crippen LogP contribution is -2.21. The molecule has 1 N–H and O–H groups in total. The summed E-state index contributed by atoms with van der Waals surface area (Å²) in [6.45, 7) is 3.22. The van der Waals surface area contributed by atoms with Gasteiger partial charge in [-0.05, 0) is 56.5 Å². The number of amides is 1. The molecule has 1 aromatic heterocycles. The fraction of sp³-hybridized carbons (Fsp3) is 0.286. The highest BCUT2D eigenvalue weighted by atomic mass is 19.2. The molecule has 0 atom stereocenters. The molecule has 150 valence electrons. The van der Waals surface area contributed by atoms with Crippen molar-refractivity contribution in [1.82, 2.24) is 4.57 Å². The van der Waals surface area contributed by atoms with Gasteiger partial charge < -0.3 is 14.6 Å². The van der Waals surface area contributed by atoms with Gasteiger partial charge in [-0.15, -0.1) is 0 Å². The number of aromatic nitrogens is 1. The molecule has 2 aromatic rings. The molecule has 8 heteroatoms. The number of carbonyl (C=O) groups is 2. The SMILES string of the molecule is Cc1cc(/C=C(\C#N)C(=O)OCC(=O)Nc2ccc(F)c(F)c2)c(C)n1C1CC1. The Morgan fingerprint density at radius 2 is 2.00 bits per heavy atom. The highest BCUT2D eigenvalue weighted by Crippen LogP contribution is 2.38. The highest BCUT2D eigenvalue weighted by molar-refractivity contribution is 6.00. The fourth-order valence-corrected chi connectivity index (χ4v) is 3.12. The quantitative estimate of drug-likeness (QED) is 0.455. The second kappa shape index (κ2) is 8.27. The van der Waals surface area contributed by atoms with Crippen molar-refractivity contribution in [3.8, 4) is 6.07 Å². The smallest absolute Gasteiger partial charge is 0.349 e. The number of nitriles is 1. The van der Waals surface area contributed by atoms with Crippen LogP contribution in [0.5, 0.6) is 0 Å². The van der Waals surface area contributed by atoms with Crippen LogP contribution in [0.25, 0.3) is 6.08 Å². The molecular formula is C21H19F2N3O3. The number of hydrogen-bond acceptors (Lipinski definition) is 4. The van der Waals surface area contributed by atoms with Gasteiger partial charge in [-0.2, -0.15) is 5.26 Å². The Kier molecular flexibility index (Phi) is 5.78. The van der Waals surface area contributed by atoms with Gasteiger partial charge in [0, 0.05) is 29.2 Å². The van der Waals surface area contributed by atoms with E-state index in [4.69, 9.17) is 4.74 Å². The first-order valence-electron chi connectivity index (χ1n) is 9.02. The number of nitrogens with one attached hydrogen (secondary N) is 1. The molecule has 1 heterocycles. The van der Waals surface area contributed by atoms with Gasteiger partial charge in [-0.25, -0.2) is 13.6 Å². The Balaban J connectivity index is 1.63. The second-order valence-corrected chi connectivity index (χ2v) is 6.85. The number of nitrogens with zero attached hydrogens (tertiary/aromatic N) is 2. The summed E-state index contributed by atoms with van der Waals surface area (Å²) in [5.74, 6) is -3.84. The molecule has 0 unspecified atom stereocenters. The standard InChI is InChI=1S/C21H19F2N3O3/c1-12-7-14(13(2)26(12)17-4-5-17)8-15(10-24)21(28)29-11-20(27)25-16-3-6-18(22)19(23)9-16/h3,6-9,17H,4-5,11H2,1-2H3,(H,25,27)/b15-8+. The number of halogens is 2. The third kappa shape index (κ3) is 4.69. The Bertz CT molecular complexity index is 1050. The number of aryl methyl sites for hydroxylation is 1. The summed E-state index contributed by atoms with van der Waals surface area (Å²) in [7, 11) is 0. The van der Waals surface area contributed by atoms with Gasteiger partial charge in [-0.3, -0.25) is 4.79 Å². The Labute approximate surface area is 166 Å². The monoisotopic (exact) mass is 399 g/mol. The van der Waals surface area contributed by atoms with Gasteiger partial charge >= 0.3 is 5.97 Å². The molecule has 0 bridgehead atoms. The molecule has 1 amide bonds. The molecule has 3 rings (SSSR count). The molecule has 0 spiro atoms. The molecule has 1 aromatic carbocycles. The van der Waals surface area contributed by atoms with Crippen molar-refractivity contribution in [3.63, 3.8) is 0 Å². The van der Waals surface area contributed by atoms with Crippen molar-refractivity contribution in [2.24, 2.45) is 0 Å². The van der Waals surface area contributed by atoms with E-state index in [0.717, 1.165) is 41.9 Å². The van der Waals surface area contributed by atoms with E-state index in [1.807, 2.05) is 19.9 Å². The van der Waals surface area contributed by atoms with Gasteiger partial charge in [-0.1, -0.05) is 0 Å². The maximum absolute atomic E-state index is 13.2. The van der Waals surface area contributed by atoms with E-state index < -0.39 is 30.1 Å². The average Bonchev–Trinajstić information content (AvgIpc) is 3.46. The average molecular weight is 399 g/mol. The minimum absolute atomic E-state index is 0.0218. The van der Waals surface area contributed by atoms with E-state index in [2.05, 4.69) is 9.88 Å². The molecule has 29 heavy (non-hydrogen) atoms. The van der Waals surface area contributed by atoms with Crippen LogP contribution in [-0.4, -0.2) is 23.1 Å². The van der Waals surface area contributed by atoms with Crippen molar-refractivity contribution >= 4 is 23.6 Å². The van der Waals surface area contributed by atoms with Crippen LogP contribution in [0.1, 0.15) is 35.8 Å². The van der Waals surface area contributed by atoms with Gasteiger partial charge in [0.05, 0.1) is 0 Å². The molecule has 0 aliphatic heterocycles. The van der Waals surface area contributed by atoms with E-state index in [-0.39, 0.29) is 11.3 Å². The zero-order chi connectivity index (χ0) is 21.1. The second-order valence-electron chi connectivity index (χ2n) is 6.85. The first kappa shape index (κ1) is 20.3. The maximum Gasteiger partial charge on any atom is 0.349 e. The van der Waals surface area contributed by atoms with Crippen molar-refractivity contribution < 1.29 is 23.1 Å². The van der Waals surface area contributed by atoms with E-state index in [9.17, 15) is 23.6 Å². The number of benzene rings is 1. The predicted octanol–water partition coefficient (Wildman–Crippen LogP) is 3.81. The number of esters is 1. The van der Waals surface area contributed by atoms with Gasteiger partial charge in [0.25, 0.3) is 5.91 Å². The van der Waals surface area contributed by atoms with Crippen LogP contribution >= 0.6 is 0 Å². The largest absolute Gasteiger partial charge is 0.451 e. The molecule has 1 fully saturated rings. The normalized spacial score (nSPS) is 13.7. The first-order valence-corrected chi connectivity index (χ1v) is 9.02. The Hall–Kier alpha value is -3.47. The number of hydrogen-bond donors (Lipinski definition) is 1. The molecule has 1 aliphatic carbocycles. The van der Waals surface area contributed by atoms with Crippen LogP contribution in [0.15, 0.2) is 29.8 Å². The third-order valence-electron chi connectivity index (χ3n) is 4.61. The lowest BCUT2D eigenvalue weighted by molar-refractivity contribution is -0.142. The van der Waals surface area contributed by atoms with Crippen LogP contribution in [0.4, 0.5) is 14.5 Å². The summed E-state index contributed by atoms with van der Waals surface area (Å²) in [5, 5.41) is 11.6.